The maximum atomic E-state index is 13.5. The van der Waals surface area contributed by atoms with E-state index >= 15 is 0 Å². The maximum absolute atomic E-state index is 13.5. The van der Waals surface area contributed by atoms with Crippen molar-refractivity contribution in [2.75, 3.05) is 18.8 Å². The summed E-state index contributed by atoms with van der Waals surface area (Å²) in [5, 5.41) is 9.86. The molecule has 1 saturated heterocycles. The number of aryl methyl sites for hydroxylation is 1. The highest BCUT2D eigenvalue weighted by atomic mass is 32.2. The summed E-state index contributed by atoms with van der Waals surface area (Å²) >= 11 is 0. The first-order valence-electron chi connectivity index (χ1n) is 6.42. The number of sulfonamides is 1. The van der Waals surface area contributed by atoms with E-state index in [1.54, 1.807) is 6.92 Å². The summed E-state index contributed by atoms with van der Waals surface area (Å²) in [6.45, 7) is 3.65. The van der Waals surface area contributed by atoms with Crippen molar-refractivity contribution in [1.29, 1.82) is 0 Å². The van der Waals surface area contributed by atoms with Crippen LogP contribution in [0.15, 0.2) is 17.0 Å². The van der Waals surface area contributed by atoms with Crippen LogP contribution in [0.2, 0.25) is 0 Å². The van der Waals surface area contributed by atoms with Gasteiger partial charge in [-0.25, -0.2) is 12.8 Å². The molecule has 7 heteroatoms. The fraction of sp³-hybridized carbons (Fsp3) is 0.538. The minimum atomic E-state index is -3.70. The summed E-state index contributed by atoms with van der Waals surface area (Å²) in [5.74, 6) is -0.592. The molecule has 0 radical (unpaired) electrons. The molecule has 0 atom stereocenters. The molecule has 5 nitrogen and oxygen atoms in total. The average Bonchev–Trinajstić information content (AvgIpc) is 2.34. The number of nitrogen functional groups attached to an aromatic ring is 1. The number of anilines is 1. The van der Waals surface area contributed by atoms with Crippen LogP contribution in [0, 0.1) is 12.7 Å². The minimum absolute atomic E-state index is 0.00422. The second-order valence-corrected chi connectivity index (χ2v) is 7.48. The molecule has 0 aliphatic carbocycles. The molecule has 1 aromatic rings. The van der Waals surface area contributed by atoms with Gasteiger partial charge in [0.15, 0.2) is 0 Å². The van der Waals surface area contributed by atoms with E-state index in [1.165, 1.54) is 17.3 Å². The van der Waals surface area contributed by atoms with E-state index in [0.29, 0.717) is 12.8 Å². The molecule has 0 aromatic heterocycles. The molecule has 0 bridgehead atoms. The molecule has 112 valence electrons. The summed E-state index contributed by atoms with van der Waals surface area (Å²) < 4.78 is 39.7. The van der Waals surface area contributed by atoms with Crippen molar-refractivity contribution in [1.82, 2.24) is 4.31 Å². The molecular weight excluding hydrogens is 283 g/mol. The van der Waals surface area contributed by atoms with Crippen LogP contribution in [-0.4, -0.2) is 36.5 Å². The lowest BCUT2D eigenvalue weighted by Crippen LogP contribution is -2.45. The Balaban J connectivity index is 2.32. The van der Waals surface area contributed by atoms with Crippen molar-refractivity contribution in [2.45, 2.75) is 37.2 Å². The van der Waals surface area contributed by atoms with Gasteiger partial charge in [0.2, 0.25) is 10.0 Å². The zero-order chi connectivity index (χ0) is 15.1. The smallest absolute Gasteiger partial charge is 0.243 e. The second-order valence-electron chi connectivity index (χ2n) is 5.54. The van der Waals surface area contributed by atoms with Crippen LogP contribution in [0.5, 0.6) is 0 Å². The molecule has 0 spiro atoms. The Kier molecular flexibility index (Phi) is 3.79. The Morgan fingerprint density at radius 1 is 1.35 bits per heavy atom. The standard InChI is InChI=1S/C13H19FN2O3S/c1-9-7-10(8-11(15)12(9)14)20(18,19)16-5-3-13(2,17)4-6-16/h7-8,17H,3-6,15H2,1-2H3. The number of nitrogens with zero attached hydrogens (tertiary/aromatic N) is 1. The molecule has 20 heavy (non-hydrogen) atoms. The first-order valence-corrected chi connectivity index (χ1v) is 7.86. The van der Waals surface area contributed by atoms with Crippen molar-refractivity contribution >= 4 is 15.7 Å². The van der Waals surface area contributed by atoms with Crippen LogP contribution in [0.1, 0.15) is 25.3 Å². The van der Waals surface area contributed by atoms with Gasteiger partial charge in [-0.3, -0.25) is 0 Å². The van der Waals surface area contributed by atoms with Gasteiger partial charge < -0.3 is 10.8 Å². The Labute approximate surface area is 118 Å². The summed E-state index contributed by atoms with van der Waals surface area (Å²) in [4.78, 5) is -0.00422. The van der Waals surface area contributed by atoms with Crippen molar-refractivity contribution in [3.05, 3.63) is 23.5 Å². The van der Waals surface area contributed by atoms with E-state index in [2.05, 4.69) is 0 Å². The van der Waals surface area contributed by atoms with E-state index < -0.39 is 21.4 Å². The first kappa shape index (κ1) is 15.2. The van der Waals surface area contributed by atoms with Crippen LogP contribution >= 0.6 is 0 Å². The van der Waals surface area contributed by atoms with Crippen LogP contribution in [0.4, 0.5) is 10.1 Å². The van der Waals surface area contributed by atoms with Crippen LogP contribution < -0.4 is 5.73 Å². The zero-order valence-electron chi connectivity index (χ0n) is 11.6. The summed E-state index contributed by atoms with van der Waals surface area (Å²) in [5.41, 5.74) is 4.69. The van der Waals surface area contributed by atoms with Crippen molar-refractivity contribution in [3.63, 3.8) is 0 Å². The van der Waals surface area contributed by atoms with Crippen molar-refractivity contribution < 1.29 is 17.9 Å². The SMILES string of the molecule is Cc1cc(S(=O)(=O)N2CCC(C)(O)CC2)cc(N)c1F. The summed E-state index contributed by atoms with van der Waals surface area (Å²) in [6, 6.07) is 2.43. The number of piperidine rings is 1. The summed E-state index contributed by atoms with van der Waals surface area (Å²) in [6.07, 6.45) is 0.754. The van der Waals surface area contributed by atoms with E-state index in [-0.39, 0.29) is 29.2 Å². The number of aliphatic hydroxyl groups is 1. The Morgan fingerprint density at radius 3 is 2.40 bits per heavy atom. The van der Waals surface area contributed by atoms with Crippen LogP contribution in [0.25, 0.3) is 0 Å². The van der Waals surface area contributed by atoms with Gasteiger partial charge in [-0.2, -0.15) is 4.31 Å². The Morgan fingerprint density at radius 2 is 1.90 bits per heavy atom. The number of hydrogen-bond donors (Lipinski definition) is 2. The van der Waals surface area contributed by atoms with Gasteiger partial charge >= 0.3 is 0 Å². The molecular formula is C13H19FN2O3S. The number of rotatable bonds is 2. The monoisotopic (exact) mass is 302 g/mol. The van der Waals surface area contributed by atoms with E-state index in [4.69, 9.17) is 5.73 Å². The molecule has 1 heterocycles. The van der Waals surface area contributed by atoms with Crippen LogP contribution in [0.3, 0.4) is 0 Å². The number of hydrogen-bond acceptors (Lipinski definition) is 4. The molecule has 0 amide bonds. The third-order valence-electron chi connectivity index (χ3n) is 3.69. The fourth-order valence-corrected chi connectivity index (χ4v) is 3.83. The van der Waals surface area contributed by atoms with Gasteiger partial charge in [-0.05, 0) is 44.4 Å². The van der Waals surface area contributed by atoms with Gasteiger partial charge in [-0.1, -0.05) is 0 Å². The molecule has 1 aliphatic rings. The molecule has 1 fully saturated rings. The molecule has 0 unspecified atom stereocenters. The van der Waals surface area contributed by atoms with E-state index in [1.807, 2.05) is 0 Å². The highest BCUT2D eigenvalue weighted by Gasteiger charge is 2.34. The lowest BCUT2D eigenvalue weighted by Gasteiger charge is -2.35. The van der Waals surface area contributed by atoms with Crippen molar-refractivity contribution in [2.24, 2.45) is 0 Å². The number of halogens is 1. The van der Waals surface area contributed by atoms with Crippen molar-refractivity contribution in [3.8, 4) is 0 Å². The second kappa shape index (κ2) is 4.98. The highest BCUT2D eigenvalue weighted by Crippen LogP contribution is 2.28. The Hall–Kier alpha value is -1.18. The molecule has 2 rings (SSSR count). The lowest BCUT2D eigenvalue weighted by molar-refractivity contribution is 0.0126. The molecule has 1 aromatic carbocycles. The highest BCUT2D eigenvalue weighted by molar-refractivity contribution is 7.89. The van der Waals surface area contributed by atoms with Crippen LogP contribution in [-0.2, 0) is 10.0 Å². The van der Waals surface area contributed by atoms with Gasteiger partial charge in [0, 0.05) is 13.1 Å². The van der Waals surface area contributed by atoms with E-state index in [9.17, 15) is 17.9 Å². The molecule has 0 saturated carbocycles. The van der Waals surface area contributed by atoms with Gasteiger partial charge in [0.25, 0.3) is 0 Å². The average molecular weight is 302 g/mol. The number of nitrogens with two attached hydrogens (primary N) is 1. The topological polar surface area (TPSA) is 83.6 Å². The third kappa shape index (κ3) is 2.79. The predicted octanol–water partition coefficient (Wildman–Crippen LogP) is 1.25. The zero-order valence-corrected chi connectivity index (χ0v) is 12.4. The Bertz CT molecular complexity index is 595. The predicted molar refractivity (Wildman–Crippen MR) is 74.2 cm³/mol. The van der Waals surface area contributed by atoms with E-state index in [0.717, 1.165) is 6.07 Å². The third-order valence-corrected chi connectivity index (χ3v) is 5.57. The van der Waals surface area contributed by atoms with Gasteiger partial charge in [-0.15, -0.1) is 0 Å². The maximum Gasteiger partial charge on any atom is 0.243 e. The molecule has 1 aliphatic heterocycles. The quantitative estimate of drug-likeness (QED) is 0.805. The van der Waals surface area contributed by atoms with Gasteiger partial charge in [0.1, 0.15) is 5.82 Å². The van der Waals surface area contributed by atoms with Gasteiger partial charge in [0.05, 0.1) is 16.2 Å². The summed E-state index contributed by atoms with van der Waals surface area (Å²) in [7, 11) is -3.70. The minimum Gasteiger partial charge on any atom is -0.396 e. The largest absolute Gasteiger partial charge is 0.396 e. The lowest BCUT2D eigenvalue weighted by atomic mass is 9.95. The molecule has 3 N–H and O–H groups in total. The number of benzene rings is 1. The normalized spacial score (nSPS) is 20.0. The first-order chi connectivity index (χ1) is 9.13. The fourth-order valence-electron chi connectivity index (χ4n) is 2.27.